The maximum atomic E-state index is 12.5. The molecule has 10 nitrogen and oxygen atoms in total. The summed E-state index contributed by atoms with van der Waals surface area (Å²) in [7, 11) is -3.89. The number of aliphatic carboxylic acids is 1. The predicted molar refractivity (Wildman–Crippen MR) is 125 cm³/mol. The fraction of sp³-hybridized carbons (Fsp3) is 0.783. The normalized spacial score (nSPS) is 16.7. The first kappa shape index (κ1) is 30.1. The van der Waals surface area contributed by atoms with Gasteiger partial charge in [-0.15, -0.1) is 0 Å². The molecular formula is C23H39NO9S. The van der Waals surface area contributed by atoms with Crippen LogP contribution in [0.1, 0.15) is 90.4 Å². The molecule has 11 heteroatoms. The van der Waals surface area contributed by atoms with E-state index in [4.69, 9.17) is 9.84 Å². The van der Waals surface area contributed by atoms with Crippen LogP contribution in [0.25, 0.3) is 0 Å². The summed E-state index contributed by atoms with van der Waals surface area (Å²) in [4.78, 5) is 34.1. The second-order valence-corrected chi connectivity index (χ2v) is 10.4. The van der Waals surface area contributed by atoms with Crippen LogP contribution in [0.5, 0.6) is 0 Å². The number of aliphatic hydroxyl groups is 1. The zero-order valence-corrected chi connectivity index (χ0v) is 20.8. The van der Waals surface area contributed by atoms with Crippen LogP contribution in [0.15, 0.2) is 11.6 Å². The molecule has 0 saturated heterocycles. The smallest absolute Gasteiger partial charge is 0.333 e. The van der Waals surface area contributed by atoms with Crippen LogP contribution >= 0.6 is 0 Å². The number of hydrogen-bond donors (Lipinski definition) is 3. The Labute approximate surface area is 202 Å². The highest BCUT2D eigenvalue weighted by molar-refractivity contribution is 7.89. The number of nitrogens with one attached hydrogen (secondary N) is 1. The number of aliphatic hydroxyl groups excluding tert-OH is 1. The average Bonchev–Trinajstić information content (AvgIpc) is 3.09. The molecule has 0 aromatic carbocycles. The zero-order valence-electron chi connectivity index (χ0n) is 20.0. The first-order valence-electron chi connectivity index (χ1n) is 12.1. The lowest BCUT2D eigenvalue weighted by Crippen LogP contribution is -2.38. The van der Waals surface area contributed by atoms with E-state index >= 15 is 0 Å². The number of rotatable bonds is 20. The highest BCUT2D eigenvalue weighted by Crippen LogP contribution is 2.21. The van der Waals surface area contributed by atoms with Gasteiger partial charge in [0.1, 0.15) is 11.9 Å². The summed E-state index contributed by atoms with van der Waals surface area (Å²) in [6.07, 6.45) is 8.50. The van der Waals surface area contributed by atoms with E-state index in [1.165, 1.54) is 38.5 Å². The van der Waals surface area contributed by atoms with Gasteiger partial charge in [0.05, 0.1) is 0 Å². The molecule has 1 heterocycles. The van der Waals surface area contributed by atoms with Gasteiger partial charge in [-0.3, -0.25) is 9.59 Å². The highest BCUT2D eigenvalue weighted by Gasteiger charge is 2.35. The van der Waals surface area contributed by atoms with Crippen LogP contribution in [0, 0.1) is 0 Å². The summed E-state index contributed by atoms with van der Waals surface area (Å²) in [6, 6.07) is 0. The zero-order chi connectivity index (χ0) is 25.4. The van der Waals surface area contributed by atoms with Crippen molar-refractivity contribution in [2.75, 3.05) is 12.3 Å². The van der Waals surface area contributed by atoms with Gasteiger partial charge < -0.3 is 19.7 Å². The van der Waals surface area contributed by atoms with Crippen molar-refractivity contribution in [3.8, 4) is 0 Å². The number of carbonyl (C=O) groups excluding carboxylic acids is 2. The Morgan fingerprint density at radius 2 is 1.62 bits per heavy atom. The summed E-state index contributed by atoms with van der Waals surface area (Å²) >= 11 is 0. The minimum atomic E-state index is -3.89. The Morgan fingerprint density at radius 3 is 2.15 bits per heavy atom. The van der Waals surface area contributed by atoms with E-state index in [0.717, 1.165) is 25.3 Å². The lowest BCUT2D eigenvalue weighted by Gasteiger charge is -2.20. The number of hydrogen-bond acceptors (Lipinski definition) is 8. The lowest BCUT2D eigenvalue weighted by molar-refractivity contribution is -0.153. The highest BCUT2D eigenvalue weighted by atomic mass is 32.2. The number of sulfonamides is 1. The Bertz CT molecular complexity index is 779. The fourth-order valence-corrected chi connectivity index (χ4v) is 4.80. The quantitative estimate of drug-likeness (QED) is 0.167. The molecule has 1 rings (SSSR count). The molecule has 0 aromatic rings. The van der Waals surface area contributed by atoms with Crippen molar-refractivity contribution >= 4 is 27.9 Å². The molecule has 196 valence electrons. The first-order chi connectivity index (χ1) is 16.1. The Hall–Kier alpha value is -1.98. The number of esters is 2. The number of cyclic esters (lactones) is 1. The van der Waals surface area contributed by atoms with Gasteiger partial charge in [0.2, 0.25) is 16.3 Å². The molecule has 3 N–H and O–H groups in total. The lowest BCUT2D eigenvalue weighted by atomic mass is 10.1. The molecule has 0 spiro atoms. The molecule has 0 fully saturated rings. The van der Waals surface area contributed by atoms with Gasteiger partial charge >= 0.3 is 17.9 Å². The SMILES string of the molecule is CCCCCCCCCCCCNS(=O)(=O)CC(OC(=O)CCCC(=O)O)C1=CC(=O)OC1O. The van der Waals surface area contributed by atoms with Crippen molar-refractivity contribution in [3.63, 3.8) is 0 Å². The molecule has 0 radical (unpaired) electrons. The summed E-state index contributed by atoms with van der Waals surface area (Å²) in [5.74, 6) is -3.46. The first-order valence-corrected chi connectivity index (χ1v) is 13.8. The maximum Gasteiger partial charge on any atom is 0.333 e. The minimum absolute atomic E-state index is 0.0155. The van der Waals surface area contributed by atoms with Gasteiger partial charge in [0.25, 0.3) is 0 Å². The Morgan fingerprint density at radius 1 is 1.03 bits per heavy atom. The van der Waals surface area contributed by atoms with E-state index in [0.29, 0.717) is 6.42 Å². The standard InChI is InChI=1S/C23H39NO9S/c1-2-3-4-5-6-7-8-9-10-11-15-24-34(30,31)17-19(18-16-22(28)33-23(18)29)32-21(27)14-12-13-20(25)26/h16,19,23-24,29H,2-15,17H2,1H3,(H,25,26). The largest absolute Gasteiger partial charge is 0.481 e. The molecule has 0 amide bonds. The summed E-state index contributed by atoms with van der Waals surface area (Å²) in [6.45, 7) is 2.42. The molecule has 0 saturated carbocycles. The molecule has 34 heavy (non-hydrogen) atoms. The Balaban J connectivity index is 2.45. The predicted octanol–water partition coefficient (Wildman–Crippen LogP) is 2.80. The van der Waals surface area contributed by atoms with Crippen LogP contribution in [0.2, 0.25) is 0 Å². The summed E-state index contributed by atoms with van der Waals surface area (Å²) in [5, 5.41) is 18.5. The van der Waals surface area contributed by atoms with Crippen molar-refractivity contribution in [1.82, 2.24) is 4.72 Å². The van der Waals surface area contributed by atoms with Gasteiger partial charge in [-0.25, -0.2) is 17.9 Å². The van der Waals surface area contributed by atoms with Crippen molar-refractivity contribution in [1.29, 1.82) is 0 Å². The van der Waals surface area contributed by atoms with Crippen molar-refractivity contribution < 1.29 is 42.5 Å². The Kier molecular flexibility index (Phi) is 14.7. The van der Waals surface area contributed by atoms with Crippen LogP contribution in [0.4, 0.5) is 0 Å². The minimum Gasteiger partial charge on any atom is -0.481 e. The number of carbonyl (C=O) groups is 3. The molecule has 2 unspecified atom stereocenters. The van der Waals surface area contributed by atoms with Gasteiger partial charge in [0.15, 0.2) is 0 Å². The van der Waals surface area contributed by atoms with E-state index in [2.05, 4.69) is 16.4 Å². The van der Waals surface area contributed by atoms with E-state index < -0.39 is 46.1 Å². The fourth-order valence-electron chi connectivity index (χ4n) is 3.57. The maximum absolute atomic E-state index is 12.5. The molecule has 0 aliphatic carbocycles. The monoisotopic (exact) mass is 505 g/mol. The molecule has 1 aliphatic heterocycles. The van der Waals surface area contributed by atoms with Crippen LogP contribution < -0.4 is 4.72 Å². The summed E-state index contributed by atoms with van der Waals surface area (Å²) < 4.78 is 37.2. The molecular weight excluding hydrogens is 466 g/mol. The number of ether oxygens (including phenoxy) is 2. The second kappa shape index (κ2) is 16.6. The third-order valence-electron chi connectivity index (χ3n) is 5.44. The van der Waals surface area contributed by atoms with Gasteiger partial charge in [0, 0.05) is 31.0 Å². The molecule has 0 aromatic heterocycles. The van der Waals surface area contributed by atoms with E-state index in [1.54, 1.807) is 0 Å². The van der Waals surface area contributed by atoms with Gasteiger partial charge in [-0.2, -0.15) is 0 Å². The summed E-state index contributed by atoms with van der Waals surface area (Å²) in [5.41, 5.74) is -0.166. The molecule has 1 aliphatic rings. The van der Waals surface area contributed by atoms with E-state index in [-0.39, 0.29) is 31.4 Å². The average molecular weight is 506 g/mol. The van der Waals surface area contributed by atoms with Crippen LogP contribution in [0.3, 0.4) is 0 Å². The van der Waals surface area contributed by atoms with Gasteiger partial charge in [-0.05, 0) is 12.8 Å². The van der Waals surface area contributed by atoms with Gasteiger partial charge in [-0.1, -0.05) is 64.7 Å². The topological polar surface area (TPSA) is 156 Å². The van der Waals surface area contributed by atoms with E-state index in [9.17, 15) is 27.9 Å². The van der Waals surface area contributed by atoms with Crippen LogP contribution in [-0.4, -0.2) is 61.2 Å². The van der Waals surface area contributed by atoms with Crippen LogP contribution in [-0.2, 0) is 33.9 Å². The third-order valence-corrected chi connectivity index (χ3v) is 6.82. The number of carboxylic acid groups (broad SMARTS) is 1. The second-order valence-electron chi connectivity index (χ2n) is 8.52. The molecule has 2 atom stereocenters. The van der Waals surface area contributed by atoms with Crippen molar-refractivity contribution in [2.24, 2.45) is 0 Å². The van der Waals surface area contributed by atoms with Crippen molar-refractivity contribution in [3.05, 3.63) is 11.6 Å². The van der Waals surface area contributed by atoms with Crippen molar-refractivity contribution in [2.45, 2.75) is 103 Å². The molecule has 0 bridgehead atoms. The van der Waals surface area contributed by atoms with E-state index in [1.807, 2.05) is 0 Å². The number of carboxylic acids is 1. The number of unbranched alkanes of at least 4 members (excludes halogenated alkanes) is 9. The third kappa shape index (κ3) is 13.7.